The molecule has 0 fully saturated rings. The van der Waals surface area contributed by atoms with Crippen LogP contribution in [-0.4, -0.2) is 53.0 Å². The second kappa shape index (κ2) is 11.2. The summed E-state index contributed by atoms with van der Waals surface area (Å²) in [7, 11) is 1.60. The first-order valence-electron chi connectivity index (χ1n) is 11.2. The van der Waals surface area contributed by atoms with Crippen LogP contribution in [0.5, 0.6) is 17.2 Å². The van der Waals surface area contributed by atoms with Crippen molar-refractivity contribution in [1.29, 1.82) is 0 Å². The molecule has 0 aromatic heterocycles. The van der Waals surface area contributed by atoms with Gasteiger partial charge in [0, 0.05) is 33.4 Å². The number of aromatic hydroxyl groups is 3. The molecule has 0 amide bonds. The van der Waals surface area contributed by atoms with Gasteiger partial charge in [-0.2, -0.15) is 0 Å². The molecule has 10 N–H and O–H groups in total. The van der Waals surface area contributed by atoms with E-state index in [1.807, 2.05) is 0 Å². The minimum Gasteiger partial charge on any atom is -0.507 e. The van der Waals surface area contributed by atoms with E-state index in [-0.39, 0.29) is 50.6 Å². The Kier molecular flexibility index (Phi) is 8.54. The van der Waals surface area contributed by atoms with Crippen molar-refractivity contribution in [2.24, 2.45) is 0 Å². The maximum absolute atomic E-state index is 10.5. The van der Waals surface area contributed by atoms with E-state index in [0.29, 0.717) is 16.7 Å². The average Bonchev–Trinajstić information content (AvgIpc) is 2.90. The van der Waals surface area contributed by atoms with E-state index in [1.165, 1.54) is 36.4 Å². The van der Waals surface area contributed by atoms with E-state index in [2.05, 4.69) is 5.32 Å². The van der Waals surface area contributed by atoms with Gasteiger partial charge in [-0.1, -0.05) is 0 Å². The van der Waals surface area contributed by atoms with Crippen LogP contribution in [0.2, 0.25) is 0 Å². The molecule has 0 heterocycles. The largest absolute Gasteiger partial charge is 0.507 e. The van der Waals surface area contributed by atoms with E-state index in [0.717, 1.165) is 0 Å². The number of aliphatic hydroxyl groups is 6. The van der Waals surface area contributed by atoms with Crippen LogP contribution in [0.3, 0.4) is 0 Å². The highest BCUT2D eigenvalue weighted by molar-refractivity contribution is 5.59. The zero-order valence-electron chi connectivity index (χ0n) is 19.7. The summed E-state index contributed by atoms with van der Waals surface area (Å²) in [4.78, 5) is 0. The predicted molar refractivity (Wildman–Crippen MR) is 129 cm³/mol. The molecule has 0 unspecified atom stereocenters. The van der Waals surface area contributed by atoms with Crippen molar-refractivity contribution in [1.82, 2.24) is 5.32 Å². The average molecular weight is 502 g/mol. The molecule has 10 heteroatoms. The van der Waals surface area contributed by atoms with Crippen molar-refractivity contribution in [2.45, 2.75) is 45.2 Å². The Bertz CT molecular complexity index is 1020. The molecule has 194 valence electrons. The van der Waals surface area contributed by atoms with Gasteiger partial charge in [0.1, 0.15) is 17.2 Å². The molecule has 0 saturated heterocycles. The van der Waals surface area contributed by atoms with Crippen LogP contribution in [0.1, 0.15) is 50.1 Å². The first-order valence-corrected chi connectivity index (χ1v) is 11.2. The molecule has 36 heavy (non-hydrogen) atoms. The molecule has 0 radical (unpaired) electrons. The maximum Gasteiger partial charge on any atom is 0.126 e. The third-order valence-corrected chi connectivity index (χ3v) is 6.50. The number of aliphatic hydroxyl groups excluding tert-OH is 6. The fraction of sp³-hybridized carbons (Fsp3) is 0.308. The molecule has 3 aromatic rings. The maximum atomic E-state index is 10.5. The van der Waals surface area contributed by atoms with Gasteiger partial charge >= 0.3 is 0 Å². The van der Waals surface area contributed by atoms with E-state index in [1.54, 1.807) is 7.05 Å². The lowest BCUT2D eigenvalue weighted by molar-refractivity contribution is 0.262. The van der Waals surface area contributed by atoms with Crippen molar-refractivity contribution in [3.05, 3.63) is 86.5 Å². The number of nitrogens with one attached hydrogen (secondary N) is 1. The van der Waals surface area contributed by atoms with Crippen molar-refractivity contribution in [2.75, 3.05) is 7.05 Å². The Hall–Kier alpha value is -3.22. The Balaban J connectivity index is 2.55. The summed E-state index contributed by atoms with van der Waals surface area (Å²) >= 11 is 0. The van der Waals surface area contributed by atoms with Gasteiger partial charge in [-0.25, -0.2) is 0 Å². The smallest absolute Gasteiger partial charge is 0.126 e. The SMILES string of the molecule is CNC(c1cc(CO)c(O)c(CO)c1)(c1cc(CO)c(O)c(CO)c1)c1cc(CO)c(O)c(CO)c1. The van der Waals surface area contributed by atoms with Crippen molar-refractivity contribution < 1.29 is 46.0 Å². The highest BCUT2D eigenvalue weighted by Gasteiger charge is 2.38. The molecule has 3 rings (SSSR count). The normalized spacial score (nSPS) is 11.8. The third kappa shape index (κ3) is 4.51. The Morgan fingerprint density at radius 3 is 0.806 bits per heavy atom. The Morgan fingerprint density at radius 1 is 0.472 bits per heavy atom. The van der Waals surface area contributed by atoms with E-state index in [9.17, 15) is 46.0 Å². The summed E-state index contributed by atoms with van der Waals surface area (Å²) < 4.78 is 0. The van der Waals surface area contributed by atoms with Crippen molar-refractivity contribution in [3.8, 4) is 17.2 Å². The third-order valence-electron chi connectivity index (χ3n) is 6.50. The van der Waals surface area contributed by atoms with Crippen LogP contribution in [-0.2, 0) is 45.2 Å². The van der Waals surface area contributed by atoms with Gasteiger partial charge in [-0.15, -0.1) is 0 Å². The highest BCUT2D eigenvalue weighted by atomic mass is 16.3. The van der Waals surface area contributed by atoms with Gasteiger partial charge in [0.15, 0.2) is 0 Å². The van der Waals surface area contributed by atoms with Crippen LogP contribution >= 0.6 is 0 Å². The zero-order valence-corrected chi connectivity index (χ0v) is 19.7. The molecule has 0 aliphatic heterocycles. The second-order valence-corrected chi connectivity index (χ2v) is 8.38. The Labute approximate surface area is 207 Å². The second-order valence-electron chi connectivity index (χ2n) is 8.38. The summed E-state index contributed by atoms with van der Waals surface area (Å²) in [5.41, 5.74) is 0.461. The number of hydrogen-bond donors (Lipinski definition) is 10. The number of hydrogen-bond acceptors (Lipinski definition) is 10. The lowest BCUT2D eigenvalue weighted by Crippen LogP contribution is -2.43. The minimum absolute atomic E-state index is 0.114. The van der Waals surface area contributed by atoms with Crippen LogP contribution in [0, 0.1) is 0 Å². The highest BCUT2D eigenvalue weighted by Crippen LogP contribution is 2.43. The van der Waals surface area contributed by atoms with Gasteiger partial charge in [0.05, 0.1) is 45.2 Å². The molecule has 10 nitrogen and oxygen atoms in total. The van der Waals surface area contributed by atoms with Gasteiger partial charge in [-0.05, 0) is 60.1 Å². The summed E-state index contributed by atoms with van der Waals surface area (Å²) in [6.07, 6.45) is 0. The van der Waals surface area contributed by atoms with Gasteiger partial charge in [0.2, 0.25) is 0 Å². The first-order chi connectivity index (χ1) is 17.2. The molecule has 0 saturated carbocycles. The van der Waals surface area contributed by atoms with E-state index in [4.69, 9.17) is 0 Å². The lowest BCUT2D eigenvalue weighted by atomic mass is 9.74. The van der Waals surface area contributed by atoms with Crippen LogP contribution in [0.4, 0.5) is 0 Å². The molecule has 0 spiro atoms. The molecule has 0 aliphatic rings. The molecule has 0 aliphatic carbocycles. The molecular weight excluding hydrogens is 470 g/mol. The molecule has 3 aromatic carbocycles. The van der Waals surface area contributed by atoms with Crippen molar-refractivity contribution >= 4 is 0 Å². The topological polar surface area (TPSA) is 194 Å². The van der Waals surface area contributed by atoms with Gasteiger partial charge in [-0.3, -0.25) is 0 Å². The number of benzene rings is 3. The van der Waals surface area contributed by atoms with Crippen LogP contribution in [0.15, 0.2) is 36.4 Å². The fourth-order valence-corrected chi connectivity index (χ4v) is 4.59. The summed E-state index contributed by atoms with van der Waals surface area (Å²) in [5.74, 6) is -0.863. The van der Waals surface area contributed by atoms with Crippen LogP contribution < -0.4 is 5.32 Å². The van der Waals surface area contributed by atoms with Crippen molar-refractivity contribution in [3.63, 3.8) is 0 Å². The Morgan fingerprint density at radius 2 is 0.667 bits per heavy atom. The van der Waals surface area contributed by atoms with Gasteiger partial charge < -0.3 is 51.3 Å². The molecular formula is C26H31NO9. The lowest BCUT2D eigenvalue weighted by Gasteiger charge is -2.38. The predicted octanol–water partition coefficient (Wildman–Crippen LogP) is 0.269. The molecule has 0 bridgehead atoms. The fourth-order valence-electron chi connectivity index (χ4n) is 4.59. The van der Waals surface area contributed by atoms with E-state index < -0.39 is 45.2 Å². The summed E-state index contributed by atoms with van der Waals surface area (Å²) in [5, 5.41) is 93.9. The first kappa shape index (κ1) is 27.4. The van der Waals surface area contributed by atoms with E-state index >= 15 is 0 Å². The summed E-state index contributed by atoms with van der Waals surface area (Å²) in [6, 6.07) is 9.00. The molecule has 0 atom stereocenters. The number of phenols is 3. The minimum atomic E-state index is -1.41. The van der Waals surface area contributed by atoms with Crippen LogP contribution in [0.25, 0.3) is 0 Å². The number of rotatable bonds is 10. The van der Waals surface area contributed by atoms with Gasteiger partial charge in [0.25, 0.3) is 0 Å². The summed E-state index contributed by atoms with van der Waals surface area (Å²) in [6.45, 7) is -3.30. The standard InChI is InChI=1S/C26H31NO9/c1-27-26(20-2-14(8-28)23(34)15(3-20)9-29,21-4-16(10-30)24(35)17(5-21)11-31)22-6-18(12-32)25(36)19(7-22)13-33/h2-7,27-36H,8-13H2,1H3. The quantitative estimate of drug-likeness (QED) is 0.172. The zero-order chi connectivity index (χ0) is 26.6. The monoisotopic (exact) mass is 501 g/mol.